The molecule has 1 amide bonds. The van der Waals surface area contributed by atoms with E-state index in [2.05, 4.69) is 35.9 Å². The number of ether oxygens (including phenoxy) is 1. The van der Waals surface area contributed by atoms with Crippen molar-refractivity contribution in [3.63, 3.8) is 0 Å². The predicted molar refractivity (Wildman–Crippen MR) is 101 cm³/mol. The van der Waals surface area contributed by atoms with Gasteiger partial charge in [-0.05, 0) is 62.4 Å². The summed E-state index contributed by atoms with van der Waals surface area (Å²) < 4.78 is 7.58. The first-order valence-corrected chi connectivity index (χ1v) is 8.25. The summed E-state index contributed by atoms with van der Waals surface area (Å²) in [5.41, 5.74) is 4.45. The molecule has 5 nitrogen and oxygen atoms in total. The molecule has 0 aliphatic rings. The second kappa shape index (κ2) is 7.58. The monoisotopic (exact) mass is 345 g/mol. The van der Waals surface area contributed by atoms with Crippen LogP contribution in [0.3, 0.4) is 0 Å². The number of aromatic nitrogens is 1. The van der Waals surface area contributed by atoms with Gasteiger partial charge in [-0.25, -0.2) is 0 Å². The summed E-state index contributed by atoms with van der Waals surface area (Å²) in [6.45, 7) is 3.95. The fraction of sp³-hybridized carbons (Fsp3) is 0.143. The van der Waals surface area contributed by atoms with Crippen LogP contribution in [0, 0.1) is 25.2 Å². The van der Waals surface area contributed by atoms with Crippen LogP contribution in [-0.2, 0) is 4.79 Å². The first-order chi connectivity index (χ1) is 12.6. The van der Waals surface area contributed by atoms with Crippen molar-refractivity contribution in [2.45, 2.75) is 13.8 Å². The third-order valence-electron chi connectivity index (χ3n) is 4.05. The predicted octanol–water partition coefficient (Wildman–Crippen LogP) is 3.98. The molecule has 0 saturated carbocycles. The van der Waals surface area contributed by atoms with E-state index in [0.29, 0.717) is 17.0 Å². The minimum absolute atomic E-state index is 0.156. The first-order valence-electron chi connectivity index (χ1n) is 8.25. The minimum Gasteiger partial charge on any atom is -0.482 e. The van der Waals surface area contributed by atoms with Crippen LogP contribution >= 0.6 is 0 Å². The Morgan fingerprint density at radius 3 is 2.35 bits per heavy atom. The Kier molecular flexibility index (Phi) is 5.04. The van der Waals surface area contributed by atoms with E-state index in [4.69, 9.17) is 10.00 Å². The zero-order valence-corrected chi connectivity index (χ0v) is 14.7. The summed E-state index contributed by atoms with van der Waals surface area (Å²) in [4.78, 5) is 12.1. The van der Waals surface area contributed by atoms with Crippen molar-refractivity contribution < 1.29 is 9.53 Å². The molecule has 0 spiro atoms. The minimum atomic E-state index is -0.279. The number of nitriles is 1. The van der Waals surface area contributed by atoms with E-state index < -0.39 is 0 Å². The van der Waals surface area contributed by atoms with Crippen LogP contribution in [-0.4, -0.2) is 17.1 Å². The molecular formula is C21H19N3O2. The fourth-order valence-corrected chi connectivity index (χ4v) is 2.79. The number of hydrogen-bond acceptors (Lipinski definition) is 3. The highest BCUT2D eigenvalue weighted by Crippen LogP contribution is 2.19. The van der Waals surface area contributed by atoms with Gasteiger partial charge in [0.05, 0.1) is 5.56 Å². The topological polar surface area (TPSA) is 67.1 Å². The standard InChI is InChI=1S/C21H19N3O2/c1-15-7-8-16(2)24(15)19-11-9-18(10-12-19)23-21(25)14-26-20-6-4-3-5-17(20)13-22/h3-12H,14H2,1-2H3,(H,23,25). The number of anilines is 1. The molecule has 2 aromatic carbocycles. The van der Waals surface area contributed by atoms with Crippen molar-refractivity contribution in [2.24, 2.45) is 0 Å². The number of carbonyl (C=O) groups is 1. The zero-order valence-electron chi connectivity index (χ0n) is 14.7. The Hall–Kier alpha value is -3.52. The lowest BCUT2D eigenvalue weighted by molar-refractivity contribution is -0.118. The van der Waals surface area contributed by atoms with Crippen LogP contribution in [0.25, 0.3) is 5.69 Å². The van der Waals surface area contributed by atoms with Crippen molar-refractivity contribution in [1.29, 1.82) is 5.26 Å². The number of carbonyl (C=O) groups excluding carboxylic acids is 1. The smallest absolute Gasteiger partial charge is 0.262 e. The Balaban J connectivity index is 1.62. The number of nitrogens with zero attached hydrogens (tertiary/aromatic N) is 2. The van der Waals surface area contributed by atoms with Gasteiger partial charge in [-0.3, -0.25) is 4.79 Å². The van der Waals surface area contributed by atoms with Crippen LogP contribution in [0.1, 0.15) is 17.0 Å². The molecule has 1 N–H and O–H groups in total. The molecule has 5 heteroatoms. The fourth-order valence-electron chi connectivity index (χ4n) is 2.79. The van der Waals surface area contributed by atoms with E-state index >= 15 is 0 Å². The largest absolute Gasteiger partial charge is 0.482 e. The molecule has 3 aromatic rings. The number of hydrogen-bond donors (Lipinski definition) is 1. The summed E-state index contributed by atoms with van der Waals surface area (Å²) in [7, 11) is 0. The maximum absolute atomic E-state index is 12.1. The van der Waals surface area contributed by atoms with E-state index in [1.807, 2.05) is 30.3 Å². The van der Waals surface area contributed by atoms with Crippen LogP contribution in [0.15, 0.2) is 60.7 Å². The first kappa shape index (κ1) is 17.3. The van der Waals surface area contributed by atoms with E-state index in [1.165, 1.54) is 0 Å². The van der Waals surface area contributed by atoms with Crippen LogP contribution in [0.4, 0.5) is 5.69 Å². The molecule has 1 heterocycles. The van der Waals surface area contributed by atoms with Crippen molar-refractivity contribution in [1.82, 2.24) is 4.57 Å². The van der Waals surface area contributed by atoms with Gasteiger partial charge in [-0.2, -0.15) is 5.26 Å². The Labute approximate surface area is 152 Å². The van der Waals surface area contributed by atoms with Crippen molar-refractivity contribution in [2.75, 3.05) is 11.9 Å². The molecule has 3 rings (SSSR count). The van der Waals surface area contributed by atoms with Gasteiger partial charge >= 0.3 is 0 Å². The summed E-state index contributed by atoms with van der Waals surface area (Å²) in [6, 6.07) is 20.6. The van der Waals surface area contributed by atoms with Crippen LogP contribution in [0.5, 0.6) is 5.75 Å². The van der Waals surface area contributed by atoms with Crippen molar-refractivity contribution in [3.05, 3.63) is 77.6 Å². The molecule has 0 atom stereocenters. The van der Waals surface area contributed by atoms with Crippen molar-refractivity contribution in [3.8, 4) is 17.5 Å². The lowest BCUT2D eigenvalue weighted by Gasteiger charge is -2.11. The molecule has 1 aromatic heterocycles. The average molecular weight is 345 g/mol. The molecule has 0 aliphatic carbocycles. The molecule has 130 valence electrons. The average Bonchev–Trinajstić information content (AvgIpc) is 2.99. The quantitative estimate of drug-likeness (QED) is 0.760. The number of para-hydroxylation sites is 1. The van der Waals surface area contributed by atoms with E-state index in [9.17, 15) is 4.79 Å². The molecule has 0 bridgehead atoms. The molecule has 0 unspecified atom stereocenters. The maximum atomic E-state index is 12.1. The van der Waals surface area contributed by atoms with Gasteiger partial charge in [0.25, 0.3) is 5.91 Å². The summed E-state index contributed by atoms with van der Waals surface area (Å²) >= 11 is 0. The SMILES string of the molecule is Cc1ccc(C)n1-c1ccc(NC(=O)COc2ccccc2C#N)cc1. The Bertz CT molecular complexity index is 946. The Morgan fingerprint density at radius 1 is 1.04 bits per heavy atom. The normalized spacial score (nSPS) is 10.2. The number of nitrogens with one attached hydrogen (secondary N) is 1. The van der Waals surface area contributed by atoms with E-state index in [1.54, 1.807) is 24.3 Å². The van der Waals surface area contributed by atoms with Gasteiger partial charge in [0.15, 0.2) is 6.61 Å². The number of benzene rings is 2. The summed E-state index contributed by atoms with van der Waals surface area (Å²) in [5.74, 6) is 0.123. The maximum Gasteiger partial charge on any atom is 0.262 e. The van der Waals surface area contributed by atoms with Gasteiger partial charge in [0, 0.05) is 22.8 Å². The van der Waals surface area contributed by atoms with Gasteiger partial charge in [-0.1, -0.05) is 12.1 Å². The van der Waals surface area contributed by atoms with Gasteiger partial charge in [-0.15, -0.1) is 0 Å². The second-order valence-corrected chi connectivity index (χ2v) is 5.94. The van der Waals surface area contributed by atoms with Gasteiger partial charge in [0.1, 0.15) is 11.8 Å². The number of amides is 1. The number of rotatable bonds is 5. The number of aryl methyl sites for hydroxylation is 2. The van der Waals surface area contributed by atoms with E-state index in [-0.39, 0.29) is 12.5 Å². The lowest BCUT2D eigenvalue weighted by Crippen LogP contribution is -2.20. The lowest BCUT2D eigenvalue weighted by atomic mass is 10.2. The molecule has 0 saturated heterocycles. The van der Waals surface area contributed by atoms with Crippen LogP contribution < -0.4 is 10.1 Å². The highest BCUT2D eigenvalue weighted by Gasteiger charge is 2.08. The molecule has 0 fully saturated rings. The van der Waals surface area contributed by atoms with Gasteiger partial charge < -0.3 is 14.6 Å². The van der Waals surface area contributed by atoms with Crippen molar-refractivity contribution >= 4 is 11.6 Å². The van der Waals surface area contributed by atoms with Crippen LogP contribution in [0.2, 0.25) is 0 Å². The third kappa shape index (κ3) is 3.76. The highest BCUT2D eigenvalue weighted by molar-refractivity contribution is 5.92. The van der Waals surface area contributed by atoms with E-state index in [0.717, 1.165) is 17.1 Å². The molecule has 0 radical (unpaired) electrons. The highest BCUT2D eigenvalue weighted by atomic mass is 16.5. The second-order valence-electron chi connectivity index (χ2n) is 5.94. The zero-order chi connectivity index (χ0) is 18.5. The summed E-state index contributed by atoms with van der Waals surface area (Å²) in [6.07, 6.45) is 0. The van der Waals surface area contributed by atoms with Gasteiger partial charge in [0.2, 0.25) is 0 Å². The summed E-state index contributed by atoms with van der Waals surface area (Å²) in [5, 5.41) is 11.8. The molecule has 26 heavy (non-hydrogen) atoms. The molecular weight excluding hydrogens is 326 g/mol. The Morgan fingerprint density at radius 2 is 1.69 bits per heavy atom. The third-order valence-corrected chi connectivity index (χ3v) is 4.05. The molecule has 0 aliphatic heterocycles.